The number of carbonyl (C=O) groups is 1. The predicted molar refractivity (Wildman–Crippen MR) is 74.3 cm³/mol. The molecular formula is C15H28N2O. The van der Waals surface area contributed by atoms with Crippen LogP contribution in [0.4, 0.5) is 0 Å². The van der Waals surface area contributed by atoms with E-state index in [2.05, 4.69) is 31.4 Å². The standard InChI is InChI=1S/C15H28N2O/c1-11-4-5-13(12(2)10-11)17-14(18)15(3)6-8-16-9-7-15/h11-13,16H,4-10H2,1-3H3,(H,17,18). The summed E-state index contributed by atoms with van der Waals surface area (Å²) in [5, 5.41) is 6.67. The monoisotopic (exact) mass is 252 g/mol. The van der Waals surface area contributed by atoms with Crippen molar-refractivity contribution in [3.63, 3.8) is 0 Å². The number of carbonyl (C=O) groups excluding carboxylic acids is 1. The van der Waals surface area contributed by atoms with Gasteiger partial charge < -0.3 is 10.6 Å². The number of piperidine rings is 1. The fourth-order valence-corrected chi connectivity index (χ4v) is 3.43. The molecule has 3 nitrogen and oxygen atoms in total. The van der Waals surface area contributed by atoms with Gasteiger partial charge in [0.2, 0.25) is 5.91 Å². The summed E-state index contributed by atoms with van der Waals surface area (Å²) < 4.78 is 0. The van der Waals surface area contributed by atoms with Crippen LogP contribution in [0.5, 0.6) is 0 Å². The average molecular weight is 252 g/mol. The third kappa shape index (κ3) is 3.05. The molecule has 2 rings (SSSR count). The van der Waals surface area contributed by atoms with Crippen molar-refractivity contribution in [1.82, 2.24) is 10.6 Å². The number of nitrogens with one attached hydrogen (secondary N) is 2. The Bertz CT molecular complexity index is 297. The maximum absolute atomic E-state index is 12.5. The largest absolute Gasteiger partial charge is 0.353 e. The molecule has 1 heterocycles. The van der Waals surface area contributed by atoms with Crippen LogP contribution in [0.3, 0.4) is 0 Å². The van der Waals surface area contributed by atoms with Crippen molar-refractivity contribution in [1.29, 1.82) is 0 Å². The molecule has 2 N–H and O–H groups in total. The Balaban J connectivity index is 1.90. The first-order chi connectivity index (χ1) is 8.51. The molecule has 1 aliphatic carbocycles. The van der Waals surface area contributed by atoms with Crippen LogP contribution in [0, 0.1) is 17.3 Å². The van der Waals surface area contributed by atoms with Crippen molar-refractivity contribution >= 4 is 5.91 Å². The van der Waals surface area contributed by atoms with Crippen molar-refractivity contribution in [2.24, 2.45) is 17.3 Å². The van der Waals surface area contributed by atoms with E-state index < -0.39 is 0 Å². The van der Waals surface area contributed by atoms with Gasteiger partial charge in [-0.2, -0.15) is 0 Å². The molecule has 3 unspecified atom stereocenters. The van der Waals surface area contributed by atoms with E-state index in [-0.39, 0.29) is 11.3 Å². The fraction of sp³-hybridized carbons (Fsp3) is 0.933. The molecular weight excluding hydrogens is 224 g/mol. The Morgan fingerprint density at radius 3 is 2.50 bits per heavy atom. The van der Waals surface area contributed by atoms with Gasteiger partial charge in [-0.25, -0.2) is 0 Å². The maximum atomic E-state index is 12.5. The first-order valence-electron chi connectivity index (χ1n) is 7.53. The first-order valence-corrected chi connectivity index (χ1v) is 7.53. The molecule has 1 amide bonds. The average Bonchev–Trinajstić information content (AvgIpc) is 2.33. The zero-order valence-corrected chi connectivity index (χ0v) is 12.1. The highest BCUT2D eigenvalue weighted by atomic mass is 16.2. The van der Waals surface area contributed by atoms with Crippen molar-refractivity contribution in [2.75, 3.05) is 13.1 Å². The van der Waals surface area contributed by atoms with Crippen LogP contribution >= 0.6 is 0 Å². The lowest BCUT2D eigenvalue weighted by Gasteiger charge is -2.38. The minimum absolute atomic E-state index is 0.145. The number of hydrogen-bond donors (Lipinski definition) is 2. The predicted octanol–water partition coefficient (Wildman–Crippen LogP) is 2.32. The summed E-state index contributed by atoms with van der Waals surface area (Å²) in [6, 6.07) is 0.403. The van der Waals surface area contributed by atoms with Gasteiger partial charge >= 0.3 is 0 Å². The van der Waals surface area contributed by atoms with E-state index in [4.69, 9.17) is 0 Å². The van der Waals surface area contributed by atoms with Crippen molar-refractivity contribution in [2.45, 2.75) is 58.9 Å². The highest BCUT2D eigenvalue weighted by Gasteiger charge is 2.37. The van der Waals surface area contributed by atoms with Crippen LogP contribution in [0.2, 0.25) is 0 Å². The maximum Gasteiger partial charge on any atom is 0.226 e. The molecule has 0 bridgehead atoms. The third-order valence-electron chi connectivity index (χ3n) is 5.00. The number of hydrogen-bond acceptors (Lipinski definition) is 2. The Hall–Kier alpha value is -0.570. The number of amides is 1. The van der Waals surface area contributed by atoms with E-state index >= 15 is 0 Å². The van der Waals surface area contributed by atoms with E-state index in [9.17, 15) is 4.79 Å². The van der Waals surface area contributed by atoms with Gasteiger partial charge in [0.15, 0.2) is 0 Å². The third-order valence-corrected chi connectivity index (χ3v) is 5.00. The van der Waals surface area contributed by atoms with Gasteiger partial charge in [0.1, 0.15) is 0 Å². The molecule has 0 aromatic rings. The second kappa shape index (κ2) is 5.60. The first kappa shape index (κ1) is 13.9. The van der Waals surface area contributed by atoms with Crippen LogP contribution in [0.15, 0.2) is 0 Å². The van der Waals surface area contributed by atoms with Crippen LogP contribution < -0.4 is 10.6 Å². The quantitative estimate of drug-likeness (QED) is 0.792. The van der Waals surface area contributed by atoms with E-state index in [0.29, 0.717) is 12.0 Å². The summed E-state index contributed by atoms with van der Waals surface area (Å²) in [5.74, 6) is 1.74. The Morgan fingerprint density at radius 1 is 1.22 bits per heavy atom. The van der Waals surface area contributed by atoms with Crippen molar-refractivity contribution in [3.05, 3.63) is 0 Å². The van der Waals surface area contributed by atoms with Crippen LogP contribution in [0.25, 0.3) is 0 Å². The zero-order chi connectivity index (χ0) is 13.2. The molecule has 1 aliphatic heterocycles. The minimum atomic E-state index is -0.145. The van der Waals surface area contributed by atoms with E-state index in [0.717, 1.165) is 38.3 Å². The van der Waals surface area contributed by atoms with Crippen LogP contribution in [0.1, 0.15) is 52.9 Å². The Kier molecular flexibility index (Phi) is 4.31. The SMILES string of the molecule is CC1CCC(NC(=O)C2(C)CCNCC2)C(C)C1. The molecule has 0 aromatic heterocycles. The molecule has 18 heavy (non-hydrogen) atoms. The lowest BCUT2D eigenvalue weighted by molar-refractivity contribution is -0.133. The molecule has 3 atom stereocenters. The molecule has 1 saturated heterocycles. The van der Waals surface area contributed by atoms with Gasteiger partial charge in [0.25, 0.3) is 0 Å². The van der Waals surface area contributed by atoms with Gasteiger partial charge in [0.05, 0.1) is 0 Å². The molecule has 2 fully saturated rings. The van der Waals surface area contributed by atoms with E-state index in [1.807, 2.05) is 0 Å². The normalized spacial score (nSPS) is 36.1. The smallest absolute Gasteiger partial charge is 0.226 e. The Morgan fingerprint density at radius 2 is 1.89 bits per heavy atom. The summed E-state index contributed by atoms with van der Waals surface area (Å²) in [5.41, 5.74) is -0.145. The molecule has 2 aliphatic rings. The number of rotatable bonds is 2. The minimum Gasteiger partial charge on any atom is -0.353 e. The molecule has 104 valence electrons. The van der Waals surface area contributed by atoms with E-state index in [1.165, 1.54) is 12.8 Å². The molecule has 3 heteroatoms. The zero-order valence-electron chi connectivity index (χ0n) is 12.1. The van der Waals surface area contributed by atoms with Gasteiger partial charge in [-0.15, -0.1) is 0 Å². The van der Waals surface area contributed by atoms with Crippen molar-refractivity contribution < 1.29 is 4.79 Å². The molecule has 0 aromatic carbocycles. The molecule has 1 saturated carbocycles. The molecule has 0 radical (unpaired) electrons. The topological polar surface area (TPSA) is 41.1 Å². The summed E-state index contributed by atoms with van der Waals surface area (Å²) in [4.78, 5) is 12.5. The van der Waals surface area contributed by atoms with Gasteiger partial charge in [-0.1, -0.05) is 20.8 Å². The highest BCUT2D eigenvalue weighted by Crippen LogP contribution is 2.32. The second-order valence-electron chi connectivity index (χ2n) is 6.79. The molecule has 0 spiro atoms. The van der Waals surface area contributed by atoms with Crippen LogP contribution in [-0.2, 0) is 4.79 Å². The summed E-state index contributed by atoms with van der Waals surface area (Å²) in [7, 11) is 0. The van der Waals surface area contributed by atoms with Gasteiger partial charge in [-0.3, -0.25) is 4.79 Å². The lowest BCUT2D eigenvalue weighted by atomic mass is 9.77. The lowest BCUT2D eigenvalue weighted by Crippen LogP contribution is -2.51. The fourth-order valence-electron chi connectivity index (χ4n) is 3.43. The van der Waals surface area contributed by atoms with Gasteiger partial charge in [0, 0.05) is 11.5 Å². The Labute approximate surface area is 111 Å². The van der Waals surface area contributed by atoms with Crippen molar-refractivity contribution in [3.8, 4) is 0 Å². The van der Waals surface area contributed by atoms with E-state index in [1.54, 1.807) is 0 Å². The van der Waals surface area contributed by atoms with Crippen LogP contribution in [-0.4, -0.2) is 25.0 Å². The summed E-state index contributed by atoms with van der Waals surface area (Å²) in [6.45, 7) is 8.68. The summed E-state index contributed by atoms with van der Waals surface area (Å²) in [6.07, 6.45) is 5.60. The van der Waals surface area contributed by atoms with Gasteiger partial charge in [-0.05, 0) is 57.0 Å². The highest BCUT2D eigenvalue weighted by molar-refractivity contribution is 5.82. The second-order valence-corrected chi connectivity index (χ2v) is 6.79. The summed E-state index contributed by atoms with van der Waals surface area (Å²) >= 11 is 0.